The highest BCUT2D eigenvalue weighted by Gasteiger charge is 2.33. The molecule has 3 aromatic heterocycles. The standard InChI is InChI=1S/C45H32N4O2/c1-3-13-27(14-4-1)29-19-11-20-32-30-17-7-9-22-36(30)49(40(29)32)45-47-43(28-15-5-2-6-16-28)46-44(48-45)35-21-12-24-38-39(35)34-26-25-33-31-18-8-10-23-37(31)50-41(33)42(34)51-38/h1-26,43-48H. The fourth-order valence-corrected chi connectivity index (χ4v) is 8.30. The Hall–Kier alpha value is -6.18. The summed E-state index contributed by atoms with van der Waals surface area (Å²) >= 11 is 0. The van der Waals surface area contributed by atoms with E-state index in [4.69, 9.17) is 8.83 Å². The van der Waals surface area contributed by atoms with E-state index < -0.39 is 0 Å². The van der Waals surface area contributed by atoms with Crippen LogP contribution in [-0.4, -0.2) is 4.57 Å². The van der Waals surface area contributed by atoms with E-state index in [9.17, 15) is 0 Å². The molecule has 0 saturated carbocycles. The highest BCUT2D eigenvalue weighted by atomic mass is 16.4. The Bertz CT molecular complexity index is 2920. The van der Waals surface area contributed by atoms with Gasteiger partial charge in [0.25, 0.3) is 0 Å². The molecule has 0 bridgehead atoms. The largest absolute Gasteiger partial charge is 0.452 e. The van der Waals surface area contributed by atoms with Crippen LogP contribution in [0.15, 0.2) is 167 Å². The van der Waals surface area contributed by atoms with Crippen molar-refractivity contribution in [3.8, 4) is 11.1 Å². The van der Waals surface area contributed by atoms with E-state index >= 15 is 0 Å². The molecule has 0 radical (unpaired) electrons. The molecular formula is C45H32N4O2. The quantitative estimate of drug-likeness (QED) is 0.175. The van der Waals surface area contributed by atoms with Crippen molar-refractivity contribution in [1.82, 2.24) is 20.5 Å². The van der Waals surface area contributed by atoms with E-state index in [0.717, 1.165) is 60.5 Å². The van der Waals surface area contributed by atoms with Gasteiger partial charge in [0.15, 0.2) is 11.2 Å². The van der Waals surface area contributed by atoms with Gasteiger partial charge in [-0.2, -0.15) is 0 Å². The summed E-state index contributed by atoms with van der Waals surface area (Å²) in [5, 5.41) is 18.6. The third-order valence-corrected chi connectivity index (χ3v) is 10.5. The maximum absolute atomic E-state index is 6.65. The van der Waals surface area contributed by atoms with E-state index in [1.807, 2.05) is 18.2 Å². The third kappa shape index (κ3) is 4.34. The molecule has 10 aromatic rings. The molecule has 244 valence electrons. The molecule has 1 aliphatic rings. The Morgan fingerprint density at radius 1 is 0.451 bits per heavy atom. The number of nitrogens with one attached hydrogen (secondary N) is 3. The van der Waals surface area contributed by atoms with Gasteiger partial charge in [0, 0.05) is 37.9 Å². The predicted molar refractivity (Wildman–Crippen MR) is 206 cm³/mol. The first-order chi connectivity index (χ1) is 25.3. The second-order valence-electron chi connectivity index (χ2n) is 13.4. The van der Waals surface area contributed by atoms with Crippen molar-refractivity contribution in [2.75, 3.05) is 0 Å². The molecule has 51 heavy (non-hydrogen) atoms. The van der Waals surface area contributed by atoms with Gasteiger partial charge in [0.1, 0.15) is 17.5 Å². The fourth-order valence-electron chi connectivity index (χ4n) is 8.30. The summed E-state index contributed by atoms with van der Waals surface area (Å²) in [7, 11) is 0. The molecule has 0 aliphatic carbocycles. The highest BCUT2D eigenvalue weighted by Crippen LogP contribution is 2.43. The lowest BCUT2D eigenvalue weighted by Gasteiger charge is -2.40. The van der Waals surface area contributed by atoms with E-state index in [2.05, 4.69) is 160 Å². The van der Waals surface area contributed by atoms with Crippen molar-refractivity contribution in [3.05, 3.63) is 169 Å². The minimum absolute atomic E-state index is 0.155. The van der Waals surface area contributed by atoms with Crippen LogP contribution in [0.3, 0.4) is 0 Å². The van der Waals surface area contributed by atoms with Gasteiger partial charge in [-0.1, -0.05) is 127 Å². The van der Waals surface area contributed by atoms with Crippen LogP contribution in [0, 0.1) is 0 Å². The molecule has 0 spiro atoms. The van der Waals surface area contributed by atoms with Crippen molar-refractivity contribution in [2.45, 2.75) is 18.6 Å². The lowest BCUT2D eigenvalue weighted by Crippen LogP contribution is -2.56. The third-order valence-electron chi connectivity index (χ3n) is 10.5. The predicted octanol–water partition coefficient (Wildman–Crippen LogP) is 10.9. The summed E-state index contributed by atoms with van der Waals surface area (Å²) in [6.07, 6.45) is -0.667. The van der Waals surface area contributed by atoms with Crippen molar-refractivity contribution < 1.29 is 8.83 Å². The number of nitrogens with zero attached hydrogens (tertiary/aromatic N) is 1. The van der Waals surface area contributed by atoms with Gasteiger partial charge in [-0.25, -0.2) is 0 Å². The van der Waals surface area contributed by atoms with Gasteiger partial charge in [-0.3, -0.25) is 16.0 Å². The second-order valence-corrected chi connectivity index (χ2v) is 13.4. The number of fused-ring (bicyclic) bond motifs is 10. The zero-order valence-corrected chi connectivity index (χ0v) is 27.5. The Kier molecular flexibility index (Phi) is 6.27. The van der Waals surface area contributed by atoms with E-state index in [1.165, 1.54) is 27.4 Å². The minimum atomic E-state index is -0.274. The Labute approximate surface area is 292 Å². The first-order valence-corrected chi connectivity index (χ1v) is 17.5. The zero-order valence-electron chi connectivity index (χ0n) is 27.5. The molecule has 4 heterocycles. The van der Waals surface area contributed by atoms with Crippen LogP contribution in [0.4, 0.5) is 0 Å². The molecule has 1 fully saturated rings. The lowest BCUT2D eigenvalue weighted by molar-refractivity contribution is 0.162. The van der Waals surface area contributed by atoms with Gasteiger partial charge in [-0.05, 0) is 47.0 Å². The van der Waals surface area contributed by atoms with Gasteiger partial charge in [0.05, 0.1) is 23.4 Å². The van der Waals surface area contributed by atoms with Crippen LogP contribution >= 0.6 is 0 Å². The van der Waals surface area contributed by atoms with Gasteiger partial charge in [-0.15, -0.1) is 0 Å². The smallest absolute Gasteiger partial charge is 0.178 e. The molecular weight excluding hydrogens is 629 g/mol. The average molecular weight is 661 g/mol. The Balaban J connectivity index is 1.13. The van der Waals surface area contributed by atoms with Crippen LogP contribution in [0.25, 0.3) is 76.8 Å². The maximum atomic E-state index is 6.65. The second kappa shape index (κ2) is 11.2. The number of hydrogen-bond acceptors (Lipinski definition) is 5. The number of rotatable bonds is 4. The summed E-state index contributed by atoms with van der Waals surface area (Å²) in [5.41, 5.74) is 10.2. The normalized spacial score (nSPS) is 18.2. The van der Waals surface area contributed by atoms with E-state index in [1.54, 1.807) is 0 Å². The molecule has 1 saturated heterocycles. The molecule has 11 rings (SSSR count). The maximum Gasteiger partial charge on any atom is 0.178 e. The van der Waals surface area contributed by atoms with Crippen LogP contribution in [0.2, 0.25) is 0 Å². The van der Waals surface area contributed by atoms with Crippen molar-refractivity contribution >= 4 is 65.7 Å². The molecule has 6 nitrogen and oxygen atoms in total. The van der Waals surface area contributed by atoms with Crippen molar-refractivity contribution in [2.24, 2.45) is 0 Å². The number of aromatic nitrogens is 1. The summed E-state index contributed by atoms with van der Waals surface area (Å²) in [6, 6.07) is 55.5. The lowest BCUT2D eigenvalue weighted by atomic mass is 10.0. The van der Waals surface area contributed by atoms with Gasteiger partial charge >= 0.3 is 0 Å². The monoisotopic (exact) mass is 660 g/mol. The average Bonchev–Trinajstić information content (AvgIpc) is 3.88. The van der Waals surface area contributed by atoms with Gasteiger partial charge in [0.2, 0.25) is 0 Å². The number of para-hydroxylation sites is 3. The Morgan fingerprint density at radius 2 is 1.10 bits per heavy atom. The molecule has 6 heteroatoms. The summed E-state index contributed by atoms with van der Waals surface area (Å²) in [6.45, 7) is 0. The molecule has 7 aromatic carbocycles. The first kappa shape index (κ1) is 28.6. The molecule has 3 atom stereocenters. The summed E-state index contributed by atoms with van der Waals surface area (Å²) < 4.78 is 15.5. The molecule has 0 amide bonds. The molecule has 1 aliphatic heterocycles. The number of furan rings is 2. The van der Waals surface area contributed by atoms with E-state index in [0.29, 0.717) is 0 Å². The van der Waals surface area contributed by atoms with Crippen LogP contribution in [-0.2, 0) is 0 Å². The number of benzene rings is 7. The van der Waals surface area contributed by atoms with E-state index in [-0.39, 0.29) is 18.6 Å². The van der Waals surface area contributed by atoms with Crippen molar-refractivity contribution in [3.63, 3.8) is 0 Å². The fraction of sp³-hybridized carbons (Fsp3) is 0.0667. The molecule has 3 unspecified atom stereocenters. The zero-order chi connectivity index (χ0) is 33.5. The molecule has 3 N–H and O–H groups in total. The first-order valence-electron chi connectivity index (χ1n) is 17.5. The minimum Gasteiger partial charge on any atom is -0.452 e. The summed E-state index contributed by atoms with van der Waals surface area (Å²) in [4.78, 5) is 0. The van der Waals surface area contributed by atoms with Crippen molar-refractivity contribution in [1.29, 1.82) is 0 Å². The highest BCUT2D eigenvalue weighted by molar-refractivity contribution is 6.19. The Morgan fingerprint density at radius 3 is 1.98 bits per heavy atom. The van der Waals surface area contributed by atoms with Crippen LogP contribution in [0.5, 0.6) is 0 Å². The number of hydrogen-bond donors (Lipinski definition) is 3. The van der Waals surface area contributed by atoms with Crippen LogP contribution in [0.1, 0.15) is 29.7 Å². The SMILES string of the molecule is c1ccc(-c2cccc3c4ccccc4n(C4NC(c5ccccc5)NC(c5cccc6oc7c(ccc8c9ccccc9oc87)c56)N4)c23)cc1. The summed E-state index contributed by atoms with van der Waals surface area (Å²) in [5.74, 6) is 0. The topological polar surface area (TPSA) is 67.3 Å². The van der Waals surface area contributed by atoms with Gasteiger partial charge < -0.3 is 13.4 Å². The van der Waals surface area contributed by atoms with Crippen LogP contribution < -0.4 is 16.0 Å².